The summed E-state index contributed by atoms with van der Waals surface area (Å²) in [6, 6.07) is 0. The third-order valence-electron chi connectivity index (χ3n) is 0.987. The van der Waals surface area contributed by atoms with Crippen LogP contribution in [-0.4, -0.2) is 50.0 Å². The maximum absolute atomic E-state index is 8.67. The molecule has 0 unspecified atom stereocenters. The largest absolute Gasteiger partial charge is 0.530 e. The number of primary amides is 1. The summed E-state index contributed by atoms with van der Waals surface area (Å²) in [4.78, 5) is 8.67. The van der Waals surface area contributed by atoms with Gasteiger partial charge in [0.15, 0.2) is 0 Å². The fourth-order valence-electron chi connectivity index (χ4n) is 0.545. The van der Waals surface area contributed by atoms with Gasteiger partial charge in [-0.25, -0.2) is 0 Å². The first kappa shape index (κ1) is 18.7. The number of hydrogen-bond donors (Lipinski definition) is 2. The molecular formula is C7H19IN2O3. The smallest absolute Gasteiger partial charge is 0.131 e. The third kappa shape index (κ3) is 48.5. The second-order valence-corrected chi connectivity index (χ2v) is 3.41. The number of rotatable bonds is 3. The van der Waals surface area contributed by atoms with Gasteiger partial charge in [0.2, 0.25) is 0 Å². The molecule has 0 heterocycles. The Morgan fingerprint density at radius 1 is 1.46 bits per heavy atom. The molecule has 0 aromatic rings. The molecule has 1 amide bonds. The molecule has 0 aliphatic heterocycles. The fraction of sp³-hybridized carbons (Fsp3) is 0.857. The molecule has 0 aromatic carbocycles. The summed E-state index contributed by atoms with van der Waals surface area (Å²) in [5, 5.41) is 17.1. The summed E-state index contributed by atoms with van der Waals surface area (Å²) in [5.41, 5.74) is 3.92. The van der Waals surface area contributed by atoms with E-state index in [9.17, 15) is 0 Å². The Morgan fingerprint density at radius 3 is 1.85 bits per heavy atom. The molecule has 3 N–H and O–H groups in total. The van der Waals surface area contributed by atoms with E-state index in [2.05, 4.69) is 26.9 Å². The zero-order valence-electron chi connectivity index (χ0n) is 8.32. The van der Waals surface area contributed by atoms with Gasteiger partial charge in [0.1, 0.15) is 6.09 Å². The van der Waals surface area contributed by atoms with Crippen LogP contribution in [0, 0.1) is 0 Å². The van der Waals surface area contributed by atoms with E-state index in [1.165, 1.54) is 0 Å². The average Bonchev–Trinajstić information content (AvgIpc) is 1.80. The topological polar surface area (TPSA) is 86.4 Å². The Balaban J connectivity index is -0.000000173. The van der Waals surface area contributed by atoms with Gasteiger partial charge < -0.3 is 25.2 Å². The van der Waals surface area contributed by atoms with Crippen molar-refractivity contribution in [1.82, 2.24) is 0 Å². The fourth-order valence-corrected chi connectivity index (χ4v) is 0.545. The Labute approximate surface area is 96.1 Å². The summed E-state index contributed by atoms with van der Waals surface area (Å²) in [6.07, 6.45) is -0.677. The molecule has 0 saturated heterocycles. The predicted molar refractivity (Wildman–Crippen MR) is 59.6 cm³/mol. The van der Waals surface area contributed by atoms with Crippen molar-refractivity contribution < 1.29 is 19.5 Å². The predicted octanol–water partition coefficient (Wildman–Crippen LogP) is -1.02. The van der Waals surface area contributed by atoms with Crippen LogP contribution >= 0.6 is 24.0 Å². The molecule has 82 valence electrons. The summed E-state index contributed by atoms with van der Waals surface area (Å²) in [5.74, 6) is 0. The van der Waals surface area contributed by atoms with Crippen molar-refractivity contribution in [3.63, 3.8) is 0 Å². The van der Waals surface area contributed by atoms with Crippen molar-refractivity contribution >= 4 is 30.1 Å². The highest BCUT2D eigenvalue weighted by Gasteiger charge is 2.03. The molecule has 0 fully saturated rings. The number of aliphatic hydroxyl groups is 1. The lowest BCUT2D eigenvalue weighted by molar-refractivity contribution is -0.870. The number of carbonyl (C=O) groups is 1. The lowest BCUT2D eigenvalue weighted by Crippen LogP contribution is -2.35. The minimum atomic E-state index is -1.58. The highest BCUT2D eigenvalue weighted by atomic mass is 127. The number of carboxylic acid groups (broad SMARTS) is 1. The van der Waals surface area contributed by atoms with Crippen molar-refractivity contribution in [2.24, 2.45) is 5.73 Å². The van der Waals surface area contributed by atoms with E-state index in [0.29, 0.717) is 6.61 Å². The highest BCUT2D eigenvalue weighted by Crippen LogP contribution is 1.90. The van der Waals surface area contributed by atoms with Gasteiger partial charge in [-0.1, -0.05) is 0 Å². The van der Waals surface area contributed by atoms with E-state index in [4.69, 9.17) is 15.0 Å². The zero-order chi connectivity index (χ0) is 10.2. The van der Waals surface area contributed by atoms with Crippen LogP contribution in [0.4, 0.5) is 4.79 Å². The minimum absolute atomic E-state index is 0. The molecule has 0 aliphatic carbocycles. The van der Waals surface area contributed by atoms with Crippen molar-refractivity contribution in [1.29, 1.82) is 0 Å². The second kappa shape index (κ2) is 10.0. The van der Waals surface area contributed by atoms with E-state index in [1.54, 1.807) is 0 Å². The van der Waals surface area contributed by atoms with Crippen molar-refractivity contribution in [3.05, 3.63) is 0 Å². The maximum atomic E-state index is 8.67. The van der Waals surface area contributed by atoms with Crippen LogP contribution in [0.5, 0.6) is 0 Å². The molecule has 0 radical (unpaired) electrons. The van der Waals surface area contributed by atoms with Crippen LogP contribution in [0.25, 0.3) is 0 Å². The van der Waals surface area contributed by atoms with Gasteiger partial charge in [-0.15, -0.1) is 24.0 Å². The first-order valence-corrected chi connectivity index (χ1v) is 3.67. The SMILES string of the molecule is C[N+](C)(C)CCCO.I.NC(=O)[O-]. The van der Waals surface area contributed by atoms with Gasteiger partial charge in [-0.2, -0.15) is 0 Å². The van der Waals surface area contributed by atoms with E-state index >= 15 is 0 Å². The van der Waals surface area contributed by atoms with Crippen LogP contribution in [0.3, 0.4) is 0 Å². The summed E-state index contributed by atoms with van der Waals surface area (Å²) in [6.45, 7) is 1.37. The molecular weight excluding hydrogens is 287 g/mol. The first-order valence-electron chi connectivity index (χ1n) is 3.67. The molecule has 0 bridgehead atoms. The lowest BCUT2D eigenvalue weighted by Gasteiger charge is -2.22. The van der Waals surface area contributed by atoms with E-state index in [0.717, 1.165) is 17.4 Å². The molecule has 0 spiro atoms. The number of carbonyl (C=O) groups excluding carboxylic acids is 1. The number of aliphatic hydroxyl groups excluding tert-OH is 1. The molecule has 0 rings (SSSR count). The summed E-state index contributed by atoms with van der Waals surface area (Å²) >= 11 is 0. The zero-order valence-corrected chi connectivity index (χ0v) is 10.6. The average molecular weight is 306 g/mol. The highest BCUT2D eigenvalue weighted by molar-refractivity contribution is 14.0. The Kier molecular flexibility index (Phi) is 14.4. The Hall–Kier alpha value is -0.0800. The number of nitrogens with zero attached hydrogens (tertiary/aromatic N) is 1. The number of hydrogen-bond acceptors (Lipinski definition) is 3. The maximum Gasteiger partial charge on any atom is 0.131 e. The lowest BCUT2D eigenvalue weighted by atomic mass is 10.4. The van der Waals surface area contributed by atoms with Crippen LogP contribution in [-0.2, 0) is 0 Å². The van der Waals surface area contributed by atoms with Gasteiger partial charge in [0, 0.05) is 13.0 Å². The van der Waals surface area contributed by atoms with Gasteiger partial charge in [-0.3, -0.25) is 0 Å². The quantitative estimate of drug-likeness (QED) is 0.517. The van der Waals surface area contributed by atoms with Crippen LogP contribution in [0.15, 0.2) is 0 Å². The molecule has 0 aromatic heterocycles. The molecule has 5 nitrogen and oxygen atoms in total. The molecule has 6 heteroatoms. The van der Waals surface area contributed by atoms with Crippen molar-refractivity contribution in [3.8, 4) is 0 Å². The summed E-state index contributed by atoms with van der Waals surface area (Å²) in [7, 11) is 6.36. The monoisotopic (exact) mass is 306 g/mol. The minimum Gasteiger partial charge on any atom is -0.530 e. The van der Waals surface area contributed by atoms with Gasteiger partial charge in [0.25, 0.3) is 0 Å². The van der Waals surface area contributed by atoms with E-state index in [-0.39, 0.29) is 24.0 Å². The third-order valence-corrected chi connectivity index (χ3v) is 0.987. The molecule has 0 atom stereocenters. The molecule has 0 aliphatic rings. The van der Waals surface area contributed by atoms with Gasteiger partial charge in [0.05, 0.1) is 27.7 Å². The van der Waals surface area contributed by atoms with E-state index < -0.39 is 6.09 Å². The number of amides is 1. The van der Waals surface area contributed by atoms with Crippen LogP contribution < -0.4 is 10.8 Å². The normalized spacial score (nSPS) is 9.23. The standard InChI is InChI=1S/C6H16NO.CH3NO2.HI/c1-7(2,3)5-4-6-8;2-1(3)4;/h8H,4-6H2,1-3H3;2H2,(H,3,4);1H/q+1;;/p-1. The van der Waals surface area contributed by atoms with Crippen LogP contribution in [0.1, 0.15) is 6.42 Å². The molecule has 13 heavy (non-hydrogen) atoms. The summed E-state index contributed by atoms with van der Waals surface area (Å²) < 4.78 is 0.945. The number of nitrogens with two attached hydrogens (primary N) is 1. The second-order valence-electron chi connectivity index (χ2n) is 3.41. The Bertz CT molecular complexity index is 121. The number of quaternary nitrogens is 1. The first-order chi connectivity index (χ1) is 5.29. The van der Waals surface area contributed by atoms with Crippen molar-refractivity contribution in [2.75, 3.05) is 34.3 Å². The van der Waals surface area contributed by atoms with E-state index in [1.807, 2.05) is 0 Å². The number of halogens is 1. The van der Waals surface area contributed by atoms with Gasteiger partial charge in [-0.05, 0) is 0 Å². The van der Waals surface area contributed by atoms with Crippen LogP contribution in [0.2, 0.25) is 0 Å². The van der Waals surface area contributed by atoms with Gasteiger partial charge >= 0.3 is 0 Å². The van der Waals surface area contributed by atoms with Crippen molar-refractivity contribution in [2.45, 2.75) is 6.42 Å². The molecule has 0 saturated carbocycles. The Morgan fingerprint density at radius 2 is 1.77 bits per heavy atom.